The van der Waals surface area contributed by atoms with E-state index in [2.05, 4.69) is 108 Å². The molecule has 0 spiro atoms. The van der Waals surface area contributed by atoms with E-state index in [1.165, 1.54) is 16.7 Å². The molecule has 0 saturated carbocycles. The molecule has 0 unspecified atom stereocenters. The summed E-state index contributed by atoms with van der Waals surface area (Å²) in [7, 11) is 1.75. The fourth-order valence-electron chi connectivity index (χ4n) is 16.1. The van der Waals surface area contributed by atoms with Crippen LogP contribution in [0.1, 0.15) is 193 Å². The predicted octanol–water partition coefficient (Wildman–Crippen LogP) is 11.0. The van der Waals surface area contributed by atoms with Gasteiger partial charge >= 0.3 is 0 Å². The number of hydrogen-bond donors (Lipinski definition) is 5. The molecule has 11 rings (SSSR count). The highest BCUT2D eigenvalue weighted by Crippen LogP contribution is 2.39. The third kappa shape index (κ3) is 18.6. The quantitative estimate of drug-likeness (QED) is 0.0234. The van der Waals surface area contributed by atoms with Crippen LogP contribution in [0.3, 0.4) is 0 Å². The lowest BCUT2D eigenvalue weighted by atomic mass is 9.86. The topological polar surface area (TPSA) is 230 Å². The molecule has 7 aromatic rings. The number of nitrogens with one attached hydrogen (secondary N) is 5. The van der Waals surface area contributed by atoms with Crippen LogP contribution in [-0.4, -0.2) is 131 Å². The van der Waals surface area contributed by atoms with Gasteiger partial charge in [0.15, 0.2) is 5.78 Å². The summed E-state index contributed by atoms with van der Waals surface area (Å²) < 4.78 is 3.75. The number of hydrogen-bond acceptors (Lipinski definition) is 12. The maximum Gasteiger partial charge on any atom is 0.246 e. The molecule has 100 heavy (non-hydrogen) atoms. The fourth-order valence-corrected chi connectivity index (χ4v) is 16.1. The van der Waals surface area contributed by atoms with Crippen molar-refractivity contribution in [1.29, 1.82) is 0 Å². The van der Waals surface area contributed by atoms with Crippen molar-refractivity contribution in [3.8, 4) is 0 Å². The molecule has 19 heteroatoms. The normalized spacial score (nSPS) is 21.6. The van der Waals surface area contributed by atoms with Crippen LogP contribution in [0.25, 0.3) is 0 Å². The number of ketones is 1. The van der Waals surface area contributed by atoms with Crippen LogP contribution in [0.15, 0.2) is 158 Å². The minimum Gasteiger partial charge on any atom is -0.344 e. The van der Waals surface area contributed by atoms with Gasteiger partial charge in [-0.15, -0.1) is 10.2 Å². The smallest absolute Gasteiger partial charge is 0.246 e. The third-order valence-corrected chi connectivity index (χ3v) is 21.9. The van der Waals surface area contributed by atoms with Gasteiger partial charge in [0.25, 0.3) is 0 Å². The van der Waals surface area contributed by atoms with Crippen molar-refractivity contribution in [3.05, 3.63) is 203 Å². The van der Waals surface area contributed by atoms with Gasteiger partial charge in [-0.1, -0.05) is 177 Å². The van der Waals surface area contributed by atoms with E-state index >= 15 is 0 Å². The molecule has 4 fully saturated rings. The van der Waals surface area contributed by atoms with Gasteiger partial charge in [-0.25, -0.2) is 0 Å². The first-order valence-corrected chi connectivity index (χ1v) is 37.4. The Labute approximate surface area is 591 Å². The summed E-state index contributed by atoms with van der Waals surface area (Å²) in [5.74, 6) is -1.49. The fraction of sp³-hybridized carbons (Fsp3) is 0.506. The second kappa shape index (κ2) is 36.1. The first kappa shape index (κ1) is 72.6. The van der Waals surface area contributed by atoms with Gasteiger partial charge in [-0.2, -0.15) is 0 Å². The molecule has 0 aliphatic carbocycles. The van der Waals surface area contributed by atoms with Gasteiger partial charge in [0, 0.05) is 68.6 Å². The molecule has 0 bridgehead atoms. The first-order chi connectivity index (χ1) is 48.9. The lowest BCUT2D eigenvalue weighted by molar-refractivity contribution is -0.143. The van der Waals surface area contributed by atoms with Crippen molar-refractivity contribution >= 4 is 35.3 Å². The summed E-state index contributed by atoms with van der Waals surface area (Å²) in [6.07, 6.45) is 20.0. The number of nitrogens with zero attached hydrogens (tertiary/aromatic N) is 8. The van der Waals surface area contributed by atoms with Crippen LogP contribution in [0, 0.1) is 17.8 Å². The van der Waals surface area contributed by atoms with Crippen molar-refractivity contribution in [1.82, 2.24) is 66.4 Å². The van der Waals surface area contributed by atoms with Crippen LogP contribution in [0.5, 0.6) is 0 Å². The van der Waals surface area contributed by atoms with Crippen molar-refractivity contribution < 1.29 is 28.8 Å². The number of aryl methyl sites for hydroxylation is 5. The molecular weight excluding hydrogens is 1250 g/mol. The predicted molar refractivity (Wildman–Crippen MR) is 388 cm³/mol. The molecule has 5 aromatic carbocycles. The van der Waals surface area contributed by atoms with Crippen molar-refractivity contribution in [2.24, 2.45) is 17.8 Å². The minimum absolute atomic E-state index is 0.00562. The SMILES string of the molecule is CCC(CC)C(=O)N[C@@H]1C(=O)N2[C@@H](CC[C@@H]1CCCc1ccccc1)CC[C@H]2C(=O)C[C@@H](c1ccccc1)c1cn(CCCCc2ccc(CCCCn3cc([C@@H](NC(=O)[C@@H]4CC[C@@H]5CC[C@H](CNCc6ccccc6)[C@H](NC(=O)[C@H](CC)NC)C(=O)N54)c4ccccc4)nn3)cc2)nn1. The zero-order chi connectivity index (χ0) is 69.7. The zero-order valence-corrected chi connectivity index (χ0v) is 59.1. The highest BCUT2D eigenvalue weighted by atomic mass is 16.2. The molecule has 0 radical (unpaired) electrons. The van der Waals surface area contributed by atoms with E-state index in [0.717, 1.165) is 112 Å². The summed E-state index contributed by atoms with van der Waals surface area (Å²) in [6.45, 7) is 8.52. The summed E-state index contributed by atoms with van der Waals surface area (Å²) in [5.41, 5.74) is 8.16. The second-order valence-corrected chi connectivity index (χ2v) is 28.4. The van der Waals surface area contributed by atoms with E-state index < -0.39 is 36.3 Å². The van der Waals surface area contributed by atoms with E-state index in [0.29, 0.717) is 70.4 Å². The number of benzene rings is 5. The monoisotopic (exact) mass is 1360 g/mol. The maximum atomic E-state index is 15.0. The molecule has 530 valence electrons. The lowest BCUT2D eigenvalue weighted by Gasteiger charge is -2.33. The number of aromatic nitrogens is 6. The Hall–Kier alpha value is -8.68. The lowest BCUT2D eigenvalue weighted by Crippen LogP contribution is -2.59. The molecule has 5 N–H and O–H groups in total. The van der Waals surface area contributed by atoms with Gasteiger partial charge in [0.05, 0.1) is 30.0 Å². The van der Waals surface area contributed by atoms with E-state index in [4.69, 9.17) is 0 Å². The van der Waals surface area contributed by atoms with Crippen LogP contribution >= 0.6 is 0 Å². The molecular formula is C81H105N13O6. The number of fused-ring (bicyclic) bond motifs is 2. The molecule has 5 amide bonds. The van der Waals surface area contributed by atoms with Gasteiger partial charge in [-0.3, -0.25) is 38.1 Å². The number of carbonyl (C=O) groups is 6. The minimum atomic E-state index is -0.790. The van der Waals surface area contributed by atoms with E-state index in [1.807, 2.05) is 132 Å². The molecule has 4 saturated heterocycles. The van der Waals surface area contributed by atoms with Gasteiger partial charge in [-0.05, 0) is 175 Å². The maximum absolute atomic E-state index is 15.0. The molecule has 4 aliphatic heterocycles. The molecule has 2 aromatic heterocycles. The van der Waals surface area contributed by atoms with Crippen molar-refractivity contribution in [2.45, 2.75) is 229 Å². The number of amides is 5. The van der Waals surface area contributed by atoms with Crippen LogP contribution in [0.2, 0.25) is 0 Å². The Kier molecular flexibility index (Phi) is 26.2. The molecule has 4 aliphatic rings. The molecule has 6 heterocycles. The average molecular weight is 1360 g/mol. The van der Waals surface area contributed by atoms with Crippen LogP contribution in [0.4, 0.5) is 0 Å². The largest absolute Gasteiger partial charge is 0.344 e. The van der Waals surface area contributed by atoms with Crippen LogP contribution < -0.4 is 26.6 Å². The first-order valence-electron chi connectivity index (χ1n) is 37.4. The summed E-state index contributed by atoms with van der Waals surface area (Å²) in [4.78, 5) is 90.4. The average Bonchev–Trinajstić information content (AvgIpc) is 1.63. The Morgan fingerprint density at radius 1 is 0.510 bits per heavy atom. The van der Waals surface area contributed by atoms with Gasteiger partial charge < -0.3 is 36.4 Å². The summed E-state index contributed by atoms with van der Waals surface area (Å²) >= 11 is 0. The van der Waals surface area contributed by atoms with Gasteiger partial charge in [0.1, 0.15) is 23.8 Å². The molecule has 19 nitrogen and oxygen atoms in total. The second-order valence-electron chi connectivity index (χ2n) is 28.4. The van der Waals surface area contributed by atoms with Crippen molar-refractivity contribution in [2.75, 3.05) is 13.6 Å². The zero-order valence-electron chi connectivity index (χ0n) is 59.1. The highest BCUT2D eigenvalue weighted by Gasteiger charge is 2.50. The Balaban J connectivity index is 0.649. The number of Topliss-reactive ketones (excluding diaryl/α,β-unsaturated/α-hetero) is 1. The Morgan fingerprint density at radius 3 is 1.59 bits per heavy atom. The highest BCUT2D eigenvalue weighted by molar-refractivity contribution is 5.96. The molecule has 11 atom stereocenters. The number of likely N-dealkylation sites (N-methyl/N-ethyl adjacent to an activating group) is 1. The van der Waals surface area contributed by atoms with E-state index in [1.54, 1.807) is 11.9 Å². The van der Waals surface area contributed by atoms with E-state index in [9.17, 15) is 28.8 Å². The number of carbonyl (C=O) groups excluding carboxylic acids is 6. The number of unbranched alkanes of at least 4 members (excludes halogenated alkanes) is 2. The Morgan fingerprint density at radius 2 is 1.00 bits per heavy atom. The number of rotatable bonds is 35. The van der Waals surface area contributed by atoms with Gasteiger partial charge in [0.2, 0.25) is 29.5 Å². The standard InChI is InChI=1S/C81H105N13O6/c1-5-60(6-2)77(96)85-75-63(36-24-31-56-25-12-8-13-26-56)41-43-65-45-47-71(93(65)80(75)99)73(95)51-67(61-32-16-10-17-33-61)69-54-91(89-87-69)49-22-20-27-57-37-39-58(40-38-57)28-21-23-50-92-55-70(88-90-92)74(62-34-18-11-19-35-62)84-79(98)72-48-46-66-44-42-64(53-83-52-59-29-14-9-15-30-59)76(81(100)94(66)72)86-78(97)68(7-3)82-4/h8-19,25-26,29-30,32-35,37-40,54-55,60,63-68,71-72,74-76,82-83H,5-7,20-24,27-28,31,36,41-53H2,1-4H3,(H,84,98)(H,85,96)(H,86,97)/t63-,64+,65-,66-,67-,68-,71-,72-,74-,75-,76-/m0/s1. The van der Waals surface area contributed by atoms with Crippen molar-refractivity contribution in [3.63, 3.8) is 0 Å². The Bertz CT molecular complexity index is 3490. The van der Waals surface area contributed by atoms with E-state index in [-0.39, 0.29) is 77.5 Å². The summed E-state index contributed by atoms with van der Waals surface area (Å²) in [6, 6.07) is 45.4. The van der Waals surface area contributed by atoms with Crippen LogP contribution in [-0.2, 0) is 67.7 Å². The summed E-state index contributed by atoms with van der Waals surface area (Å²) in [5, 5.41) is 34.8. The third-order valence-electron chi connectivity index (χ3n) is 21.9.